The first-order chi connectivity index (χ1) is 12.4. The van der Waals surface area contributed by atoms with E-state index in [-0.39, 0.29) is 5.41 Å². The molecule has 0 bridgehead atoms. The van der Waals surface area contributed by atoms with E-state index >= 15 is 0 Å². The molecule has 1 saturated heterocycles. The van der Waals surface area contributed by atoms with Gasteiger partial charge in [0.25, 0.3) is 0 Å². The SMILES string of the molecule is CN=C(NCc1cccc(C(F)(F)F)c1)NC1C2CCOC2C12CCC2. The molecule has 2 N–H and O–H groups in total. The number of fused-ring (bicyclic) bond motifs is 2. The van der Waals surface area contributed by atoms with Gasteiger partial charge in [-0.05, 0) is 37.0 Å². The molecule has 0 amide bonds. The topological polar surface area (TPSA) is 45.7 Å². The lowest BCUT2D eigenvalue weighted by Gasteiger charge is -2.63. The van der Waals surface area contributed by atoms with Gasteiger partial charge in [0.1, 0.15) is 0 Å². The van der Waals surface area contributed by atoms with Gasteiger partial charge < -0.3 is 15.4 Å². The van der Waals surface area contributed by atoms with E-state index in [0.29, 0.717) is 36.1 Å². The molecule has 1 heterocycles. The lowest BCUT2D eigenvalue weighted by atomic mass is 9.46. The van der Waals surface area contributed by atoms with Crippen LogP contribution in [-0.2, 0) is 17.5 Å². The highest BCUT2D eigenvalue weighted by atomic mass is 19.4. The highest BCUT2D eigenvalue weighted by Crippen LogP contribution is 2.62. The molecule has 1 aromatic rings. The number of nitrogens with one attached hydrogen (secondary N) is 2. The molecule has 3 unspecified atom stereocenters. The quantitative estimate of drug-likeness (QED) is 0.636. The van der Waals surface area contributed by atoms with Crippen molar-refractivity contribution in [3.05, 3.63) is 35.4 Å². The number of rotatable bonds is 3. The summed E-state index contributed by atoms with van der Waals surface area (Å²) in [4.78, 5) is 4.27. The van der Waals surface area contributed by atoms with E-state index in [1.165, 1.54) is 31.4 Å². The zero-order chi connectivity index (χ0) is 18.4. The first-order valence-corrected chi connectivity index (χ1v) is 9.19. The molecule has 3 fully saturated rings. The minimum absolute atomic E-state index is 0.231. The number of hydrogen-bond acceptors (Lipinski definition) is 2. The van der Waals surface area contributed by atoms with Gasteiger partial charge in [-0.25, -0.2) is 0 Å². The lowest BCUT2D eigenvalue weighted by molar-refractivity contribution is -0.171. The van der Waals surface area contributed by atoms with Crippen LogP contribution < -0.4 is 10.6 Å². The van der Waals surface area contributed by atoms with Gasteiger partial charge in [0.2, 0.25) is 0 Å². The highest BCUT2D eigenvalue weighted by Gasteiger charge is 2.66. The molecule has 0 aromatic heterocycles. The molecule has 142 valence electrons. The van der Waals surface area contributed by atoms with Crippen molar-refractivity contribution in [2.45, 2.75) is 50.6 Å². The Kier molecular flexibility index (Phi) is 4.37. The maximum atomic E-state index is 12.8. The van der Waals surface area contributed by atoms with Gasteiger partial charge >= 0.3 is 6.18 Å². The van der Waals surface area contributed by atoms with Crippen molar-refractivity contribution in [1.29, 1.82) is 0 Å². The van der Waals surface area contributed by atoms with Crippen LogP contribution in [0, 0.1) is 11.3 Å². The van der Waals surface area contributed by atoms with Crippen LogP contribution in [0.1, 0.15) is 36.8 Å². The van der Waals surface area contributed by atoms with Crippen molar-refractivity contribution in [3.8, 4) is 0 Å². The highest BCUT2D eigenvalue weighted by molar-refractivity contribution is 5.80. The number of aliphatic imine (C=N–C) groups is 1. The Morgan fingerprint density at radius 2 is 2.15 bits per heavy atom. The van der Waals surface area contributed by atoms with Crippen LogP contribution in [0.4, 0.5) is 13.2 Å². The Balaban J connectivity index is 1.39. The fourth-order valence-electron chi connectivity index (χ4n) is 4.84. The minimum Gasteiger partial charge on any atom is -0.377 e. The zero-order valence-corrected chi connectivity index (χ0v) is 14.8. The van der Waals surface area contributed by atoms with Crippen LogP contribution in [0.25, 0.3) is 0 Å². The van der Waals surface area contributed by atoms with E-state index in [2.05, 4.69) is 15.6 Å². The summed E-state index contributed by atoms with van der Waals surface area (Å²) in [5, 5.41) is 6.68. The third kappa shape index (κ3) is 2.86. The molecular weight excluding hydrogens is 343 g/mol. The summed E-state index contributed by atoms with van der Waals surface area (Å²) in [6, 6.07) is 5.74. The first kappa shape index (κ1) is 17.6. The van der Waals surface area contributed by atoms with Crippen LogP contribution in [-0.4, -0.2) is 31.8 Å². The summed E-state index contributed by atoms with van der Waals surface area (Å²) in [5.41, 5.74) is 0.185. The van der Waals surface area contributed by atoms with Gasteiger partial charge in [0, 0.05) is 37.6 Å². The number of ether oxygens (including phenoxy) is 1. The van der Waals surface area contributed by atoms with Gasteiger partial charge in [-0.1, -0.05) is 18.6 Å². The molecule has 1 aromatic carbocycles. The molecule has 1 spiro atoms. The largest absolute Gasteiger partial charge is 0.416 e. The summed E-state index contributed by atoms with van der Waals surface area (Å²) in [6.45, 7) is 1.12. The molecule has 7 heteroatoms. The average molecular weight is 367 g/mol. The van der Waals surface area contributed by atoms with Crippen molar-refractivity contribution < 1.29 is 17.9 Å². The van der Waals surface area contributed by atoms with E-state index in [1.807, 2.05) is 0 Å². The number of guanidine groups is 1. The molecule has 3 atom stereocenters. The second-order valence-electron chi connectivity index (χ2n) is 7.58. The smallest absolute Gasteiger partial charge is 0.377 e. The summed E-state index contributed by atoms with van der Waals surface area (Å²) in [6.07, 6.45) is 0.703. The maximum Gasteiger partial charge on any atom is 0.416 e. The van der Waals surface area contributed by atoms with Crippen molar-refractivity contribution in [3.63, 3.8) is 0 Å². The van der Waals surface area contributed by atoms with E-state index in [0.717, 1.165) is 19.1 Å². The Labute approximate surface area is 151 Å². The second kappa shape index (κ2) is 6.44. The molecule has 2 saturated carbocycles. The molecule has 4 rings (SSSR count). The predicted octanol–water partition coefficient (Wildman–Crippen LogP) is 3.33. The van der Waals surface area contributed by atoms with Gasteiger partial charge in [-0.3, -0.25) is 4.99 Å². The van der Waals surface area contributed by atoms with E-state index in [9.17, 15) is 13.2 Å². The van der Waals surface area contributed by atoms with E-state index in [1.54, 1.807) is 13.1 Å². The summed E-state index contributed by atoms with van der Waals surface area (Å²) < 4.78 is 44.5. The van der Waals surface area contributed by atoms with Gasteiger partial charge in [0.15, 0.2) is 5.96 Å². The van der Waals surface area contributed by atoms with Gasteiger partial charge in [0.05, 0.1) is 11.7 Å². The first-order valence-electron chi connectivity index (χ1n) is 9.19. The van der Waals surface area contributed by atoms with Gasteiger partial charge in [-0.2, -0.15) is 13.2 Å². The van der Waals surface area contributed by atoms with Crippen molar-refractivity contribution in [1.82, 2.24) is 10.6 Å². The Morgan fingerprint density at radius 3 is 2.81 bits per heavy atom. The van der Waals surface area contributed by atoms with Crippen LogP contribution in [0.2, 0.25) is 0 Å². The lowest BCUT2D eigenvalue weighted by Crippen LogP contribution is -2.72. The summed E-state index contributed by atoms with van der Waals surface area (Å²) >= 11 is 0. The van der Waals surface area contributed by atoms with Crippen LogP contribution in [0.3, 0.4) is 0 Å². The normalized spacial score (nSPS) is 29.7. The fraction of sp³-hybridized carbons (Fsp3) is 0.632. The minimum atomic E-state index is -4.32. The van der Waals surface area contributed by atoms with Crippen molar-refractivity contribution >= 4 is 5.96 Å². The average Bonchev–Trinajstić information content (AvgIpc) is 2.98. The summed E-state index contributed by atoms with van der Waals surface area (Å²) in [7, 11) is 1.69. The molecule has 0 radical (unpaired) electrons. The standard InChI is InChI=1S/C19H24F3N3O/c1-23-17(24-11-12-4-2-5-13(10-12)19(20,21)22)25-15-14-6-9-26-16(14)18(15)7-3-8-18/h2,4-5,10,14-16H,3,6-9,11H2,1H3,(H2,23,24,25). The van der Waals surface area contributed by atoms with Crippen LogP contribution in [0.15, 0.2) is 29.3 Å². The number of nitrogens with zero attached hydrogens (tertiary/aromatic N) is 1. The zero-order valence-electron chi connectivity index (χ0n) is 14.8. The Morgan fingerprint density at radius 1 is 1.35 bits per heavy atom. The van der Waals surface area contributed by atoms with Crippen LogP contribution in [0.5, 0.6) is 0 Å². The van der Waals surface area contributed by atoms with Crippen LogP contribution >= 0.6 is 0 Å². The Hall–Kier alpha value is -1.76. The van der Waals surface area contributed by atoms with E-state index in [4.69, 9.17) is 4.74 Å². The summed E-state index contributed by atoms with van der Waals surface area (Å²) in [5.74, 6) is 1.16. The fourth-order valence-corrected chi connectivity index (χ4v) is 4.84. The predicted molar refractivity (Wildman–Crippen MR) is 92.7 cm³/mol. The molecule has 4 nitrogen and oxygen atoms in total. The van der Waals surface area contributed by atoms with Crippen molar-refractivity contribution in [2.75, 3.05) is 13.7 Å². The Bertz CT molecular complexity index is 700. The third-order valence-electron chi connectivity index (χ3n) is 6.27. The third-order valence-corrected chi connectivity index (χ3v) is 6.27. The number of alkyl halides is 3. The van der Waals surface area contributed by atoms with E-state index < -0.39 is 11.7 Å². The second-order valence-corrected chi connectivity index (χ2v) is 7.58. The number of halogens is 3. The molecule has 3 aliphatic rings. The molecule has 1 aliphatic heterocycles. The van der Waals surface area contributed by atoms with Gasteiger partial charge in [-0.15, -0.1) is 0 Å². The number of hydrogen-bond donors (Lipinski definition) is 2. The molecule has 26 heavy (non-hydrogen) atoms. The molecule has 2 aliphatic carbocycles. The van der Waals surface area contributed by atoms with Crippen molar-refractivity contribution in [2.24, 2.45) is 16.3 Å². The maximum absolute atomic E-state index is 12.8. The molecular formula is C19H24F3N3O. The number of benzene rings is 1. The monoisotopic (exact) mass is 367 g/mol.